The lowest BCUT2D eigenvalue weighted by molar-refractivity contribution is -0.157. The topological polar surface area (TPSA) is 55.3 Å². The number of nitrogens with zero attached hydrogens (tertiary/aromatic N) is 3. The molecule has 1 saturated heterocycles. The van der Waals surface area contributed by atoms with Crippen molar-refractivity contribution in [3.05, 3.63) is 60.0 Å². The van der Waals surface area contributed by atoms with E-state index in [2.05, 4.69) is 47.4 Å². The van der Waals surface area contributed by atoms with Crippen LogP contribution in [0, 0.1) is 5.41 Å². The van der Waals surface area contributed by atoms with Crippen molar-refractivity contribution in [2.45, 2.75) is 53.9 Å². The molecule has 1 aromatic heterocycles. The number of carbonyl (C=O) groups is 1. The average Bonchev–Trinajstić information content (AvgIpc) is 2.77. The molecule has 0 spiro atoms. The number of aromatic nitrogens is 2. The molecule has 1 aromatic rings. The standard InChI is InChI=1S/C25H35N3O2/c1-7-11-19(5)20(6)16-21(8-2)22-17-26-24(27-18-22)28-14-12-25(9-3,13-15-28)23(29)30-10-4/h7-8,11,16-18H,5,9-10,12-15H2,1-4,6H3/b11-7-,20-16+,21-8+. The highest BCUT2D eigenvalue weighted by molar-refractivity contribution is 5.77. The van der Waals surface area contributed by atoms with Crippen LogP contribution in [0.1, 0.15) is 59.4 Å². The fourth-order valence-corrected chi connectivity index (χ4v) is 3.75. The third-order valence-electron chi connectivity index (χ3n) is 5.92. The summed E-state index contributed by atoms with van der Waals surface area (Å²) in [6.45, 7) is 16.0. The summed E-state index contributed by atoms with van der Waals surface area (Å²) < 4.78 is 5.32. The van der Waals surface area contributed by atoms with Gasteiger partial charge in [0.15, 0.2) is 0 Å². The minimum Gasteiger partial charge on any atom is -0.466 e. The Balaban J connectivity index is 2.10. The molecule has 1 aliphatic rings. The van der Waals surface area contributed by atoms with Crippen molar-refractivity contribution in [2.24, 2.45) is 5.41 Å². The molecule has 0 saturated carbocycles. The van der Waals surface area contributed by atoms with Crippen LogP contribution in [0.5, 0.6) is 0 Å². The number of hydrogen-bond donors (Lipinski definition) is 0. The molecule has 5 nitrogen and oxygen atoms in total. The van der Waals surface area contributed by atoms with Gasteiger partial charge in [0.25, 0.3) is 0 Å². The molecule has 2 rings (SSSR count). The summed E-state index contributed by atoms with van der Waals surface area (Å²) in [4.78, 5) is 23.8. The van der Waals surface area contributed by atoms with Crippen LogP contribution >= 0.6 is 0 Å². The van der Waals surface area contributed by atoms with E-state index in [1.807, 2.05) is 45.3 Å². The summed E-state index contributed by atoms with van der Waals surface area (Å²) in [5, 5.41) is 0. The highest BCUT2D eigenvalue weighted by atomic mass is 16.5. The largest absolute Gasteiger partial charge is 0.466 e. The SMILES string of the molecule is C=C(/C=C\C)/C(C)=C/C(=C\C)c1cnc(N2CCC(CC)(C(=O)OCC)CC2)nc1. The molecule has 30 heavy (non-hydrogen) atoms. The molecule has 0 aliphatic carbocycles. The first-order valence-electron chi connectivity index (χ1n) is 10.8. The molecule has 0 unspecified atom stereocenters. The Hall–Kier alpha value is -2.69. The van der Waals surface area contributed by atoms with Gasteiger partial charge in [-0.05, 0) is 63.7 Å². The smallest absolute Gasteiger partial charge is 0.312 e. The molecule has 0 aromatic carbocycles. The van der Waals surface area contributed by atoms with Crippen LogP contribution in [0.2, 0.25) is 0 Å². The van der Waals surface area contributed by atoms with E-state index < -0.39 is 0 Å². The van der Waals surface area contributed by atoms with Crippen LogP contribution in [0.15, 0.2) is 54.4 Å². The predicted molar refractivity (Wildman–Crippen MR) is 124 cm³/mol. The number of carbonyl (C=O) groups excluding carboxylic acids is 1. The van der Waals surface area contributed by atoms with E-state index in [1.54, 1.807) is 0 Å². The van der Waals surface area contributed by atoms with E-state index in [9.17, 15) is 4.79 Å². The van der Waals surface area contributed by atoms with E-state index in [4.69, 9.17) is 4.74 Å². The minimum atomic E-state index is -0.373. The van der Waals surface area contributed by atoms with Crippen molar-refractivity contribution >= 4 is 17.5 Å². The second-order valence-electron chi connectivity index (χ2n) is 7.71. The Labute approximate surface area is 181 Å². The average molecular weight is 410 g/mol. The van der Waals surface area contributed by atoms with Crippen molar-refractivity contribution in [1.82, 2.24) is 9.97 Å². The fraction of sp³-hybridized carbons (Fsp3) is 0.480. The summed E-state index contributed by atoms with van der Waals surface area (Å²) in [6, 6.07) is 0. The van der Waals surface area contributed by atoms with Gasteiger partial charge < -0.3 is 9.64 Å². The summed E-state index contributed by atoms with van der Waals surface area (Å²) in [6.07, 6.45) is 14.2. The van der Waals surface area contributed by atoms with Crippen LogP contribution < -0.4 is 4.90 Å². The van der Waals surface area contributed by atoms with Crippen LogP contribution in [0.4, 0.5) is 5.95 Å². The molecule has 0 amide bonds. The van der Waals surface area contributed by atoms with Crippen molar-refractivity contribution in [3.8, 4) is 0 Å². The van der Waals surface area contributed by atoms with E-state index in [1.165, 1.54) is 0 Å². The van der Waals surface area contributed by atoms with Gasteiger partial charge in [0.1, 0.15) is 0 Å². The maximum Gasteiger partial charge on any atom is 0.312 e. The van der Waals surface area contributed by atoms with Gasteiger partial charge in [0.05, 0.1) is 12.0 Å². The monoisotopic (exact) mass is 409 g/mol. The number of ether oxygens (including phenoxy) is 1. The van der Waals surface area contributed by atoms with Crippen LogP contribution in [-0.2, 0) is 9.53 Å². The molecule has 0 N–H and O–H groups in total. The molecule has 162 valence electrons. The number of allylic oxidation sites excluding steroid dienone is 7. The van der Waals surface area contributed by atoms with Gasteiger partial charge in [-0.15, -0.1) is 0 Å². The predicted octanol–water partition coefficient (Wildman–Crippen LogP) is 5.52. The molecule has 0 radical (unpaired) electrons. The minimum absolute atomic E-state index is 0.0668. The highest BCUT2D eigenvalue weighted by Crippen LogP contribution is 2.37. The molecule has 1 fully saturated rings. The summed E-state index contributed by atoms with van der Waals surface area (Å²) in [5.74, 6) is 0.643. The van der Waals surface area contributed by atoms with E-state index in [0.717, 1.165) is 54.6 Å². The Bertz CT molecular complexity index is 826. The molecule has 0 bridgehead atoms. The second-order valence-corrected chi connectivity index (χ2v) is 7.71. The zero-order valence-electron chi connectivity index (χ0n) is 19.1. The van der Waals surface area contributed by atoms with Crippen molar-refractivity contribution in [3.63, 3.8) is 0 Å². The summed E-state index contributed by atoms with van der Waals surface area (Å²) >= 11 is 0. The first-order chi connectivity index (χ1) is 14.4. The number of esters is 1. The fourth-order valence-electron chi connectivity index (χ4n) is 3.75. The van der Waals surface area contributed by atoms with Gasteiger partial charge in [-0.1, -0.05) is 37.8 Å². The first-order valence-corrected chi connectivity index (χ1v) is 10.8. The zero-order chi connectivity index (χ0) is 22.1. The Morgan fingerprint density at radius 3 is 2.37 bits per heavy atom. The second kappa shape index (κ2) is 10.9. The number of hydrogen-bond acceptors (Lipinski definition) is 5. The molecule has 0 atom stereocenters. The highest BCUT2D eigenvalue weighted by Gasteiger charge is 2.41. The van der Waals surface area contributed by atoms with Gasteiger partial charge in [0.2, 0.25) is 5.95 Å². The lowest BCUT2D eigenvalue weighted by atomic mass is 9.76. The third-order valence-corrected chi connectivity index (χ3v) is 5.92. The molecule has 5 heteroatoms. The van der Waals surface area contributed by atoms with Crippen LogP contribution in [0.25, 0.3) is 5.57 Å². The maximum absolute atomic E-state index is 12.4. The summed E-state index contributed by atoms with van der Waals surface area (Å²) in [7, 11) is 0. The third kappa shape index (κ3) is 5.47. The number of piperidine rings is 1. The Morgan fingerprint density at radius 2 is 1.87 bits per heavy atom. The van der Waals surface area contributed by atoms with Crippen LogP contribution in [-0.4, -0.2) is 35.6 Å². The van der Waals surface area contributed by atoms with E-state index in [0.29, 0.717) is 12.6 Å². The lowest BCUT2D eigenvalue weighted by Crippen LogP contribution is -2.45. The molecule has 2 heterocycles. The number of rotatable bonds is 8. The van der Waals surface area contributed by atoms with Crippen molar-refractivity contribution < 1.29 is 9.53 Å². The number of anilines is 1. The van der Waals surface area contributed by atoms with E-state index in [-0.39, 0.29) is 11.4 Å². The molecular weight excluding hydrogens is 374 g/mol. The van der Waals surface area contributed by atoms with Gasteiger partial charge in [-0.25, -0.2) is 9.97 Å². The van der Waals surface area contributed by atoms with Gasteiger partial charge in [-0.2, -0.15) is 0 Å². The lowest BCUT2D eigenvalue weighted by Gasteiger charge is -2.39. The Kier molecular flexibility index (Phi) is 8.58. The van der Waals surface area contributed by atoms with Crippen LogP contribution in [0.3, 0.4) is 0 Å². The molecular formula is C25H35N3O2. The quantitative estimate of drug-likeness (QED) is 0.418. The van der Waals surface area contributed by atoms with Gasteiger partial charge >= 0.3 is 5.97 Å². The Morgan fingerprint density at radius 1 is 1.23 bits per heavy atom. The molecule has 1 aliphatic heterocycles. The maximum atomic E-state index is 12.4. The zero-order valence-corrected chi connectivity index (χ0v) is 19.1. The van der Waals surface area contributed by atoms with E-state index >= 15 is 0 Å². The summed E-state index contributed by atoms with van der Waals surface area (Å²) in [5.41, 5.74) is 3.76. The van der Waals surface area contributed by atoms with Gasteiger partial charge in [-0.3, -0.25) is 4.79 Å². The van der Waals surface area contributed by atoms with Gasteiger partial charge in [0, 0.05) is 31.0 Å². The first kappa shape index (κ1) is 23.6. The van der Waals surface area contributed by atoms with Crippen molar-refractivity contribution in [1.29, 1.82) is 0 Å². The van der Waals surface area contributed by atoms with Crippen molar-refractivity contribution in [2.75, 3.05) is 24.6 Å². The normalized spacial score (nSPS) is 17.3.